The number of hydrogen-bond donors (Lipinski definition) is 0. The molecule has 0 aliphatic carbocycles. The van der Waals surface area contributed by atoms with E-state index in [2.05, 4.69) is 42.2 Å². The predicted molar refractivity (Wildman–Crippen MR) is 126 cm³/mol. The van der Waals surface area contributed by atoms with Crippen molar-refractivity contribution in [3.63, 3.8) is 0 Å². The Balaban J connectivity index is 1.35. The zero-order chi connectivity index (χ0) is 23.2. The van der Waals surface area contributed by atoms with Gasteiger partial charge in [0.2, 0.25) is 0 Å². The van der Waals surface area contributed by atoms with Crippen LogP contribution in [0.2, 0.25) is 0 Å². The summed E-state index contributed by atoms with van der Waals surface area (Å²) in [6, 6.07) is 23.5. The van der Waals surface area contributed by atoms with E-state index in [0.29, 0.717) is 35.4 Å². The maximum absolute atomic E-state index is 13.2. The Morgan fingerprint density at radius 1 is 1.18 bits per heavy atom. The topological polar surface area (TPSA) is 69.7 Å². The standard InChI is InChI=1S/C27H29N3O3/c1-3-30(23-15-16-29(18-23)20(2)22-7-5-4-6-8-22)27(31)26-14-13-25(33-26)19-32-24-11-9-21(17-28)10-12-24/h4-14,20,23H,3,15-16,18-19H2,1-2H3. The molecule has 0 saturated carbocycles. The average molecular weight is 444 g/mol. The molecule has 6 nitrogen and oxygen atoms in total. The van der Waals surface area contributed by atoms with Crippen molar-refractivity contribution in [3.05, 3.63) is 89.4 Å². The number of carbonyl (C=O) groups is 1. The Hall–Kier alpha value is -3.56. The van der Waals surface area contributed by atoms with Crippen molar-refractivity contribution in [2.75, 3.05) is 19.6 Å². The highest BCUT2D eigenvalue weighted by Gasteiger charge is 2.33. The van der Waals surface area contributed by atoms with Crippen LogP contribution in [-0.2, 0) is 6.61 Å². The molecule has 2 heterocycles. The number of likely N-dealkylation sites (N-methyl/N-ethyl adjacent to an activating group) is 1. The monoisotopic (exact) mass is 443 g/mol. The third-order valence-electron chi connectivity index (χ3n) is 6.30. The predicted octanol–water partition coefficient (Wildman–Crippen LogP) is 5.03. The minimum Gasteiger partial charge on any atom is -0.486 e. The van der Waals surface area contributed by atoms with Crippen LogP contribution in [0.1, 0.15) is 53.8 Å². The number of carbonyl (C=O) groups excluding carboxylic acids is 1. The van der Waals surface area contributed by atoms with Crippen LogP contribution >= 0.6 is 0 Å². The average Bonchev–Trinajstić information content (AvgIpc) is 3.54. The Morgan fingerprint density at radius 3 is 2.64 bits per heavy atom. The molecule has 0 radical (unpaired) electrons. The molecule has 0 spiro atoms. The first-order valence-corrected chi connectivity index (χ1v) is 11.4. The molecule has 0 bridgehead atoms. The van der Waals surface area contributed by atoms with Crippen LogP contribution in [-0.4, -0.2) is 41.4 Å². The molecule has 1 aliphatic heterocycles. The molecule has 1 fully saturated rings. The van der Waals surface area contributed by atoms with E-state index in [0.717, 1.165) is 19.5 Å². The lowest BCUT2D eigenvalue weighted by molar-refractivity contribution is 0.0653. The summed E-state index contributed by atoms with van der Waals surface area (Å²) in [6.45, 7) is 6.91. The Labute approximate surface area is 195 Å². The van der Waals surface area contributed by atoms with E-state index in [1.807, 2.05) is 17.9 Å². The number of nitrogens with zero attached hydrogens (tertiary/aromatic N) is 3. The van der Waals surface area contributed by atoms with Gasteiger partial charge in [0, 0.05) is 31.7 Å². The van der Waals surface area contributed by atoms with Crippen LogP contribution in [0.4, 0.5) is 0 Å². The first kappa shape index (κ1) is 22.6. The van der Waals surface area contributed by atoms with Gasteiger partial charge in [-0.1, -0.05) is 30.3 Å². The molecule has 6 heteroatoms. The van der Waals surface area contributed by atoms with Gasteiger partial charge >= 0.3 is 0 Å². The summed E-state index contributed by atoms with van der Waals surface area (Å²) < 4.78 is 11.5. The summed E-state index contributed by atoms with van der Waals surface area (Å²) in [5, 5.41) is 8.88. The summed E-state index contributed by atoms with van der Waals surface area (Å²) >= 11 is 0. The van der Waals surface area contributed by atoms with E-state index in [-0.39, 0.29) is 18.6 Å². The summed E-state index contributed by atoms with van der Waals surface area (Å²) in [6.07, 6.45) is 0.951. The molecular weight excluding hydrogens is 414 g/mol. The highest BCUT2D eigenvalue weighted by atomic mass is 16.5. The fourth-order valence-corrected chi connectivity index (χ4v) is 4.38. The van der Waals surface area contributed by atoms with E-state index >= 15 is 0 Å². The fourth-order valence-electron chi connectivity index (χ4n) is 4.38. The number of ether oxygens (including phenoxy) is 1. The van der Waals surface area contributed by atoms with E-state index in [1.165, 1.54) is 5.56 Å². The number of nitriles is 1. The second-order valence-corrected chi connectivity index (χ2v) is 8.31. The molecule has 1 amide bonds. The third-order valence-corrected chi connectivity index (χ3v) is 6.30. The molecule has 1 saturated heterocycles. The molecule has 2 unspecified atom stereocenters. The van der Waals surface area contributed by atoms with Crippen molar-refractivity contribution in [1.29, 1.82) is 5.26 Å². The number of likely N-dealkylation sites (tertiary alicyclic amines) is 1. The van der Waals surface area contributed by atoms with Crippen LogP contribution in [0, 0.1) is 11.3 Å². The van der Waals surface area contributed by atoms with Gasteiger partial charge in [-0.3, -0.25) is 9.69 Å². The van der Waals surface area contributed by atoms with Crippen LogP contribution in [0.15, 0.2) is 71.1 Å². The van der Waals surface area contributed by atoms with Crippen LogP contribution in [0.5, 0.6) is 5.75 Å². The SMILES string of the molecule is CCN(C(=O)c1ccc(COc2ccc(C#N)cc2)o1)C1CCN(C(C)c2ccccc2)C1. The van der Waals surface area contributed by atoms with Gasteiger partial charge in [0.1, 0.15) is 18.1 Å². The fraction of sp³-hybridized carbons (Fsp3) is 0.333. The molecule has 2 atom stereocenters. The van der Waals surface area contributed by atoms with Gasteiger partial charge in [-0.15, -0.1) is 0 Å². The highest BCUT2D eigenvalue weighted by molar-refractivity contribution is 5.91. The van der Waals surface area contributed by atoms with Gasteiger partial charge in [0.15, 0.2) is 5.76 Å². The second-order valence-electron chi connectivity index (χ2n) is 8.31. The largest absolute Gasteiger partial charge is 0.486 e. The van der Waals surface area contributed by atoms with Crippen LogP contribution in [0.25, 0.3) is 0 Å². The lowest BCUT2D eigenvalue weighted by Crippen LogP contribution is -2.42. The lowest BCUT2D eigenvalue weighted by Gasteiger charge is -2.29. The van der Waals surface area contributed by atoms with Gasteiger partial charge < -0.3 is 14.1 Å². The quantitative estimate of drug-likeness (QED) is 0.488. The van der Waals surface area contributed by atoms with Crippen LogP contribution in [0.3, 0.4) is 0 Å². The van der Waals surface area contributed by atoms with Gasteiger partial charge in [-0.05, 0) is 62.2 Å². The summed E-state index contributed by atoms with van der Waals surface area (Å²) in [5.41, 5.74) is 1.88. The van der Waals surface area contributed by atoms with Gasteiger partial charge in [-0.25, -0.2) is 0 Å². The van der Waals surface area contributed by atoms with E-state index in [4.69, 9.17) is 14.4 Å². The molecule has 33 heavy (non-hydrogen) atoms. The number of benzene rings is 2. The molecule has 1 aliphatic rings. The Kier molecular flexibility index (Phi) is 7.11. The second kappa shape index (κ2) is 10.4. The zero-order valence-corrected chi connectivity index (χ0v) is 19.1. The van der Waals surface area contributed by atoms with Gasteiger partial charge in [0.25, 0.3) is 5.91 Å². The molecule has 170 valence electrons. The van der Waals surface area contributed by atoms with Gasteiger partial charge in [0.05, 0.1) is 11.6 Å². The summed E-state index contributed by atoms with van der Waals surface area (Å²) in [4.78, 5) is 17.6. The van der Waals surface area contributed by atoms with Crippen molar-refractivity contribution in [1.82, 2.24) is 9.80 Å². The Bertz CT molecular complexity index is 1100. The minimum atomic E-state index is -0.0821. The zero-order valence-electron chi connectivity index (χ0n) is 19.1. The number of furan rings is 1. The summed E-state index contributed by atoms with van der Waals surface area (Å²) in [7, 11) is 0. The van der Waals surface area contributed by atoms with Crippen molar-refractivity contribution in [3.8, 4) is 11.8 Å². The number of rotatable bonds is 8. The molecule has 4 rings (SSSR count). The van der Waals surface area contributed by atoms with E-state index < -0.39 is 0 Å². The molecular formula is C27H29N3O3. The minimum absolute atomic E-state index is 0.0821. The maximum atomic E-state index is 13.2. The molecule has 1 aromatic heterocycles. The normalized spacial score (nSPS) is 16.8. The van der Waals surface area contributed by atoms with Crippen molar-refractivity contribution in [2.45, 2.75) is 39.0 Å². The molecule has 0 N–H and O–H groups in total. The van der Waals surface area contributed by atoms with Crippen molar-refractivity contribution < 1.29 is 13.9 Å². The first-order valence-electron chi connectivity index (χ1n) is 11.4. The maximum Gasteiger partial charge on any atom is 0.289 e. The smallest absolute Gasteiger partial charge is 0.289 e. The molecule has 3 aromatic rings. The van der Waals surface area contributed by atoms with Crippen molar-refractivity contribution in [2.24, 2.45) is 0 Å². The number of hydrogen-bond acceptors (Lipinski definition) is 5. The summed E-state index contributed by atoms with van der Waals surface area (Å²) in [5.74, 6) is 1.49. The lowest BCUT2D eigenvalue weighted by atomic mass is 10.1. The third kappa shape index (κ3) is 5.27. The molecule has 2 aromatic carbocycles. The highest BCUT2D eigenvalue weighted by Crippen LogP contribution is 2.27. The van der Waals surface area contributed by atoms with Gasteiger partial charge in [-0.2, -0.15) is 5.26 Å². The van der Waals surface area contributed by atoms with Crippen LogP contribution < -0.4 is 4.74 Å². The first-order chi connectivity index (χ1) is 16.1. The Morgan fingerprint density at radius 2 is 1.94 bits per heavy atom. The van der Waals surface area contributed by atoms with E-state index in [9.17, 15) is 4.79 Å². The number of amides is 1. The van der Waals surface area contributed by atoms with Crippen molar-refractivity contribution >= 4 is 5.91 Å². The van der Waals surface area contributed by atoms with E-state index in [1.54, 1.807) is 36.4 Å².